The molecule has 0 spiro atoms. The van der Waals surface area contributed by atoms with E-state index >= 15 is 0 Å². The number of nitriles is 1. The number of hydrogen-bond acceptors (Lipinski definition) is 21. The lowest BCUT2D eigenvalue weighted by molar-refractivity contribution is 0.101. The first-order chi connectivity index (χ1) is 54.0. The Morgan fingerprint density at radius 2 is 0.875 bits per heavy atom. The molecule has 1 aliphatic heterocycles. The molecule has 2 amide bonds. The Balaban J connectivity index is 0.000000130. The van der Waals surface area contributed by atoms with Crippen molar-refractivity contribution in [2.24, 2.45) is 0 Å². The molecule has 1 aliphatic rings. The first-order valence-corrected chi connectivity index (χ1v) is 37.1. The average Bonchev–Trinajstić information content (AvgIpc) is 1.59. The van der Waals surface area contributed by atoms with Crippen LogP contribution in [0.3, 0.4) is 0 Å². The first-order valence-electron chi connectivity index (χ1n) is 37.1. The van der Waals surface area contributed by atoms with Crippen LogP contribution in [0.5, 0.6) is 0 Å². The molecule has 0 radical (unpaired) electrons. The van der Waals surface area contributed by atoms with Gasteiger partial charge in [-0.15, -0.1) is 56.1 Å². The summed E-state index contributed by atoms with van der Waals surface area (Å²) in [4.78, 5) is 44.7. The van der Waals surface area contributed by atoms with Crippen molar-refractivity contribution in [3.8, 4) is 6.07 Å². The molecular weight excluding hydrogens is 1410 g/mol. The van der Waals surface area contributed by atoms with Gasteiger partial charge in [0.25, 0.3) is 0 Å². The Kier molecular flexibility index (Phi) is 24.2. The quantitative estimate of drug-likeness (QED) is 0.0880. The van der Waals surface area contributed by atoms with Crippen LogP contribution in [0, 0.1) is 45.9 Å². The maximum atomic E-state index is 12.1. The molecule has 1 saturated heterocycles. The number of nitrogens with one attached hydrogen (secondary N) is 1. The highest BCUT2D eigenvalue weighted by Crippen LogP contribution is 2.36. The smallest absolute Gasteiger partial charge is 0.321 e. The summed E-state index contributed by atoms with van der Waals surface area (Å²) in [5, 5.41) is 59.6. The fourth-order valence-electron chi connectivity index (χ4n) is 13.1. The van der Waals surface area contributed by atoms with Gasteiger partial charge in [0.2, 0.25) is 11.5 Å². The van der Waals surface area contributed by atoms with Gasteiger partial charge in [-0.25, -0.2) is 23.8 Å². The summed E-state index contributed by atoms with van der Waals surface area (Å²) in [6.45, 7) is 20.7. The molecule has 0 saturated carbocycles. The fraction of sp³-hybridized carbons (Fsp3) is 0.286. The zero-order valence-electron chi connectivity index (χ0n) is 66.1. The average molecular weight is 1500 g/mol. The van der Waals surface area contributed by atoms with Crippen LogP contribution < -0.4 is 29.8 Å². The Bertz CT molecular complexity index is 5740. The van der Waals surface area contributed by atoms with Crippen molar-refractivity contribution in [2.45, 2.75) is 112 Å². The number of carbonyl (C=O) groups excluding carboxylic acids is 2. The van der Waals surface area contributed by atoms with E-state index in [0.29, 0.717) is 57.7 Å². The SMILES string of the molecule is CC(=O)c1cc(N(C)[C@@H](C)c2ccccc2)nn2c(C)nnc12.C[C@@H](c1ccccc1)N(C)c1ccc2cnc(C#N)n2n1.Cc1cc(N(C)[C@@H](C)c2ccccc2)nn2c(C)nnc12.Cc1ncc2ccc(N3CCCC3c3ccccc3)nn12.Cc1nnc2c(NC(=O)N(C)C)cc(N(C)[C@@H](C)c3ccccc3)nn12. The van der Waals surface area contributed by atoms with Gasteiger partial charge in [0.05, 0.1) is 64.9 Å². The minimum absolute atomic E-state index is 0.0492. The molecule has 0 bridgehead atoms. The van der Waals surface area contributed by atoms with Crippen LogP contribution in [0.1, 0.15) is 151 Å². The second-order valence-corrected chi connectivity index (χ2v) is 28.0. The van der Waals surface area contributed by atoms with Crippen LogP contribution in [0.4, 0.5) is 39.6 Å². The maximum absolute atomic E-state index is 12.1. The lowest BCUT2D eigenvalue weighted by atomic mass is 10.0. The molecule has 28 nitrogen and oxygen atoms in total. The second-order valence-electron chi connectivity index (χ2n) is 28.0. The summed E-state index contributed by atoms with van der Waals surface area (Å²) in [6.07, 6.45) is 5.91. The number of imidazole rings is 2. The molecule has 5 atom stereocenters. The zero-order valence-corrected chi connectivity index (χ0v) is 66.1. The topological polar surface area (TPSA) is 279 Å². The van der Waals surface area contributed by atoms with Crippen LogP contribution >= 0.6 is 0 Å². The fourth-order valence-corrected chi connectivity index (χ4v) is 13.1. The number of carbonyl (C=O) groups is 2. The molecular formula is C84H94N26O2. The van der Waals surface area contributed by atoms with Crippen LogP contribution in [0.15, 0.2) is 207 Å². The van der Waals surface area contributed by atoms with Crippen LogP contribution in [-0.2, 0) is 0 Å². The number of ketones is 1. The summed E-state index contributed by atoms with van der Waals surface area (Å²) >= 11 is 0. The lowest BCUT2D eigenvalue weighted by Gasteiger charge is -2.27. The maximum Gasteiger partial charge on any atom is 0.321 e. The predicted molar refractivity (Wildman–Crippen MR) is 438 cm³/mol. The number of aryl methyl sites for hydroxylation is 5. The standard InChI is InChI=1S/C18H23N7O.C17H19N5O.C17H18N4.C16H19N5.C16H15N5/c1-12(14-9-7-6-8-10-14)24(5)16-11-15(19-18(26)23(3)4)17-21-20-13(2)25(17)22-16;1-11(14-8-6-5-7-9-14)21(4)16-10-15(12(2)23)17-19-18-13(3)22(17)20-16;1-13-18-12-15-9-10-17(19-21(13)15)20-11-5-8-16(20)14-6-3-2-4-7-14;1-11-10-15(19-21-13(3)17-18-16(11)21)20(4)12(2)14-8-6-5-7-9-14;1-12(13-6-4-3-5-7-13)20(2)15-9-8-14-11-18-16(10-17)21(14)19-15/h6-12H,1-5H3,(H,19,26);5-11H,1-4H3;2-4,6-7,9-10,12,16H,5,8,11H2,1H3;5-10,12H,1-4H3;3-9,11-12H,1-2H3/t12-;11-;;2*12-/m00.00/s1. The highest BCUT2D eigenvalue weighted by molar-refractivity contribution is 6.00. The number of benzene rings is 5. The number of urea groups is 1. The molecule has 10 aromatic heterocycles. The van der Waals surface area contributed by atoms with Crippen molar-refractivity contribution < 1.29 is 9.59 Å². The number of Topliss-reactive ketones (excluding diaryl/α,β-unsaturated/α-hetero) is 1. The summed E-state index contributed by atoms with van der Waals surface area (Å²) in [6, 6.07) is 68.4. The molecule has 0 aliphatic carbocycles. The zero-order chi connectivity index (χ0) is 79.4. The number of hydrogen-bond donors (Lipinski definition) is 1. The van der Waals surface area contributed by atoms with Gasteiger partial charge < -0.3 is 34.7 Å². The van der Waals surface area contributed by atoms with Crippen LogP contribution in [0.2, 0.25) is 0 Å². The lowest BCUT2D eigenvalue weighted by Crippen LogP contribution is -2.28. The van der Waals surface area contributed by atoms with E-state index in [9.17, 15) is 9.59 Å². The minimum Gasteiger partial charge on any atom is -0.351 e. The van der Waals surface area contributed by atoms with E-state index in [1.807, 2.05) is 156 Å². The molecule has 11 heterocycles. The van der Waals surface area contributed by atoms with Crippen LogP contribution in [-0.4, -0.2) is 154 Å². The molecule has 16 rings (SSSR count). The number of amides is 2. The highest BCUT2D eigenvalue weighted by Gasteiger charge is 2.28. The van der Waals surface area contributed by atoms with Crippen molar-refractivity contribution in [3.05, 3.63) is 275 Å². The Morgan fingerprint density at radius 3 is 1.38 bits per heavy atom. The molecule has 1 fully saturated rings. The number of nitrogens with zero attached hydrogens (tertiary/aromatic N) is 25. The minimum atomic E-state index is -0.233. The monoisotopic (exact) mass is 1500 g/mol. The van der Waals surface area contributed by atoms with E-state index in [2.05, 4.69) is 230 Å². The van der Waals surface area contributed by atoms with E-state index in [0.717, 1.165) is 57.9 Å². The number of rotatable bonds is 16. The van der Waals surface area contributed by atoms with E-state index in [1.165, 1.54) is 52.5 Å². The van der Waals surface area contributed by atoms with Gasteiger partial charge in [0.1, 0.15) is 29.3 Å². The van der Waals surface area contributed by atoms with Gasteiger partial charge in [0, 0.05) is 54.9 Å². The van der Waals surface area contributed by atoms with E-state index in [-0.39, 0.29) is 36.0 Å². The summed E-state index contributed by atoms with van der Waals surface area (Å²) < 4.78 is 8.58. The third kappa shape index (κ3) is 17.3. The third-order valence-electron chi connectivity index (χ3n) is 20.4. The van der Waals surface area contributed by atoms with Crippen LogP contribution in [0.25, 0.3) is 28.0 Å². The normalized spacial score (nSPS) is 13.4. The van der Waals surface area contributed by atoms with E-state index in [4.69, 9.17) is 10.4 Å². The van der Waals surface area contributed by atoms with Crippen molar-refractivity contribution in [1.29, 1.82) is 5.26 Å². The molecule has 1 N–H and O–H groups in total. The van der Waals surface area contributed by atoms with Crippen molar-refractivity contribution >= 4 is 74.6 Å². The molecule has 28 heteroatoms. The summed E-state index contributed by atoms with van der Waals surface area (Å²) in [5.41, 5.74) is 12.1. The molecule has 572 valence electrons. The molecule has 15 aromatic rings. The van der Waals surface area contributed by atoms with Gasteiger partial charge in [0.15, 0.2) is 46.2 Å². The van der Waals surface area contributed by atoms with Gasteiger partial charge in [-0.05, 0) is 152 Å². The van der Waals surface area contributed by atoms with Gasteiger partial charge in [-0.1, -0.05) is 152 Å². The second kappa shape index (κ2) is 34.8. The molecule has 5 aromatic carbocycles. The number of fused-ring (bicyclic) bond motifs is 5. The van der Waals surface area contributed by atoms with Gasteiger partial charge in [-0.3, -0.25) is 4.79 Å². The highest BCUT2D eigenvalue weighted by atomic mass is 16.2. The first kappa shape index (κ1) is 78.0. The molecule has 112 heavy (non-hydrogen) atoms. The van der Waals surface area contributed by atoms with Crippen molar-refractivity contribution in [1.82, 2.24) is 93.5 Å². The Morgan fingerprint density at radius 1 is 0.455 bits per heavy atom. The Hall–Kier alpha value is -13.6. The molecule has 1 unspecified atom stereocenters. The van der Waals surface area contributed by atoms with Crippen molar-refractivity contribution in [2.75, 3.05) is 78.6 Å². The largest absolute Gasteiger partial charge is 0.351 e. The number of aromatic nitrogens is 18. The van der Waals surface area contributed by atoms with Gasteiger partial charge in [-0.2, -0.15) is 18.8 Å². The summed E-state index contributed by atoms with van der Waals surface area (Å²) in [7, 11) is 11.4. The summed E-state index contributed by atoms with van der Waals surface area (Å²) in [5.74, 6) is 7.47. The van der Waals surface area contributed by atoms with E-state index < -0.39 is 0 Å². The third-order valence-corrected chi connectivity index (χ3v) is 20.4. The van der Waals surface area contributed by atoms with E-state index in [1.54, 1.807) is 44.4 Å². The predicted octanol–water partition coefficient (Wildman–Crippen LogP) is 14.7. The number of anilines is 6. The van der Waals surface area contributed by atoms with Gasteiger partial charge >= 0.3 is 6.03 Å². The van der Waals surface area contributed by atoms with Crippen molar-refractivity contribution in [3.63, 3.8) is 0 Å². The Labute approximate surface area is 651 Å².